The van der Waals surface area contributed by atoms with E-state index in [4.69, 9.17) is 15.7 Å². The molecule has 3 N–H and O–H groups in total. The Morgan fingerprint density at radius 3 is 2.29 bits per heavy atom. The molecule has 11 nitrogen and oxygen atoms in total. The monoisotopic (exact) mass is 651 g/mol. The second-order valence-corrected chi connectivity index (χ2v) is 13.2. The zero-order chi connectivity index (χ0) is 33.6. The lowest BCUT2D eigenvalue weighted by Gasteiger charge is -2.42. The number of benzene rings is 2. The molecule has 3 aliphatic heterocycles. The van der Waals surface area contributed by atoms with Crippen molar-refractivity contribution in [3.8, 4) is 0 Å². The predicted octanol–water partition coefficient (Wildman–Crippen LogP) is 3.54. The standard InChI is InChI=1S/C37H49N9O2/c1-4-32-37(46-24-23-45(33(47)5-2)26-31(46)25-27-9-7-6-8-10-27)41-36(34(40-32)35(38)48)39-28-11-13-29(14-12-28)43-17-15-30(16-18-43)44-21-19-42(3)20-22-44/h5-14,30-31H,2,4,15-26H2,1,3H3,(H2,38,48)(H,39,41). The molecule has 0 spiro atoms. The van der Waals surface area contributed by atoms with E-state index >= 15 is 0 Å². The summed E-state index contributed by atoms with van der Waals surface area (Å²) in [7, 11) is 2.21. The molecule has 2 aromatic carbocycles. The zero-order valence-electron chi connectivity index (χ0n) is 28.4. The van der Waals surface area contributed by atoms with Crippen molar-refractivity contribution in [3.63, 3.8) is 0 Å². The lowest BCUT2D eigenvalue weighted by Crippen LogP contribution is -2.56. The van der Waals surface area contributed by atoms with Gasteiger partial charge in [-0.2, -0.15) is 0 Å². The van der Waals surface area contributed by atoms with Crippen LogP contribution < -0.4 is 20.9 Å². The number of rotatable bonds is 10. The van der Waals surface area contributed by atoms with Crippen LogP contribution in [-0.2, 0) is 17.6 Å². The molecular weight excluding hydrogens is 602 g/mol. The van der Waals surface area contributed by atoms with Gasteiger partial charge in [-0.1, -0.05) is 43.8 Å². The van der Waals surface area contributed by atoms with E-state index in [2.05, 4.69) is 62.8 Å². The maximum atomic E-state index is 12.6. The van der Waals surface area contributed by atoms with Gasteiger partial charge in [0.1, 0.15) is 0 Å². The van der Waals surface area contributed by atoms with E-state index in [9.17, 15) is 9.59 Å². The smallest absolute Gasteiger partial charge is 0.271 e. The fraction of sp³-hybridized carbons (Fsp3) is 0.459. The fourth-order valence-electron chi connectivity index (χ4n) is 7.28. The van der Waals surface area contributed by atoms with Gasteiger partial charge in [0.05, 0.1) is 11.7 Å². The Hall–Kier alpha value is -4.48. The minimum atomic E-state index is -0.631. The van der Waals surface area contributed by atoms with Gasteiger partial charge in [-0.15, -0.1) is 0 Å². The predicted molar refractivity (Wildman–Crippen MR) is 192 cm³/mol. The number of piperidine rings is 1. The van der Waals surface area contributed by atoms with Crippen LogP contribution in [0.1, 0.15) is 41.5 Å². The molecule has 6 rings (SSSR count). The van der Waals surface area contributed by atoms with Gasteiger partial charge in [0, 0.05) is 76.3 Å². The molecular formula is C37H49N9O2. The van der Waals surface area contributed by atoms with Gasteiger partial charge >= 0.3 is 0 Å². The van der Waals surface area contributed by atoms with Crippen LogP contribution in [0.2, 0.25) is 0 Å². The maximum absolute atomic E-state index is 12.6. The van der Waals surface area contributed by atoms with Crippen molar-refractivity contribution in [1.29, 1.82) is 0 Å². The van der Waals surface area contributed by atoms with Crippen LogP contribution in [0, 0.1) is 0 Å². The summed E-state index contributed by atoms with van der Waals surface area (Å²) in [5.41, 5.74) is 9.83. The van der Waals surface area contributed by atoms with Crippen molar-refractivity contribution in [2.45, 2.75) is 44.7 Å². The Labute approximate surface area is 284 Å². The Morgan fingerprint density at radius 1 is 0.938 bits per heavy atom. The van der Waals surface area contributed by atoms with Crippen LogP contribution in [0.4, 0.5) is 23.0 Å². The molecule has 0 bridgehead atoms. The van der Waals surface area contributed by atoms with E-state index in [1.807, 2.05) is 42.2 Å². The first kappa shape index (κ1) is 33.4. The number of amides is 2. The van der Waals surface area contributed by atoms with Crippen LogP contribution >= 0.6 is 0 Å². The van der Waals surface area contributed by atoms with Crippen LogP contribution in [0.3, 0.4) is 0 Å². The van der Waals surface area contributed by atoms with Gasteiger partial charge in [-0.05, 0) is 68.6 Å². The molecule has 3 saturated heterocycles. The topological polar surface area (TPSA) is 114 Å². The second-order valence-electron chi connectivity index (χ2n) is 13.2. The Morgan fingerprint density at radius 2 is 1.65 bits per heavy atom. The van der Waals surface area contributed by atoms with Crippen molar-refractivity contribution < 1.29 is 9.59 Å². The van der Waals surface area contributed by atoms with E-state index in [0.29, 0.717) is 49.4 Å². The number of nitrogens with one attached hydrogen (secondary N) is 1. The number of aromatic nitrogens is 2. The average molecular weight is 652 g/mol. The molecule has 2 amide bonds. The maximum Gasteiger partial charge on any atom is 0.271 e. The lowest BCUT2D eigenvalue weighted by atomic mass is 10.0. The molecule has 3 fully saturated rings. The summed E-state index contributed by atoms with van der Waals surface area (Å²) in [5, 5.41) is 3.36. The van der Waals surface area contributed by atoms with Crippen molar-refractivity contribution in [2.75, 3.05) is 81.1 Å². The van der Waals surface area contributed by atoms with Crippen LogP contribution in [-0.4, -0.2) is 115 Å². The highest BCUT2D eigenvalue weighted by Gasteiger charge is 2.33. The summed E-state index contributed by atoms with van der Waals surface area (Å²) in [4.78, 5) is 46.7. The number of anilines is 4. The molecule has 0 radical (unpaired) electrons. The second kappa shape index (κ2) is 15.2. The quantitative estimate of drug-likeness (QED) is 0.318. The normalized spacial score (nSPS) is 19.7. The summed E-state index contributed by atoms with van der Waals surface area (Å²) in [6.07, 6.45) is 5.02. The molecule has 48 heavy (non-hydrogen) atoms. The van der Waals surface area contributed by atoms with Crippen molar-refractivity contribution in [2.24, 2.45) is 5.73 Å². The highest BCUT2D eigenvalue weighted by Crippen LogP contribution is 2.30. The van der Waals surface area contributed by atoms with Gasteiger partial charge in [0.2, 0.25) is 5.91 Å². The summed E-state index contributed by atoms with van der Waals surface area (Å²) in [6, 6.07) is 19.2. The number of hydrogen-bond acceptors (Lipinski definition) is 9. The molecule has 0 saturated carbocycles. The molecule has 4 heterocycles. The molecule has 1 aromatic heterocycles. The van der Waals surface area contributed by atoms with E-state index in [0.717, 1.165) is 51.4 Å². The molecule has 3 aliphatic rings. The summed E-state index contributed by atoms with van der Waals surface area (Å²) in [6.45, 7) is 14.1. The highest BCUT2D eigenvalue weighted by molar-refractivity contribution is 5.96. The minimum Gasteiger partial charge on any atom is -0.371 e. The fourth-order valence-corrected chi connectivity index (χ4v) is 7.28. The number of nitrogens with two attached hydrogens (primary N) is 1. The first-order valence-electron chi connectivity index (χ1n) is 17.3. The van der Waals surface area contributed by atoms with Crippen molar-refractivity contribution in [3.05, 3.63) is 84.2 Å². The number of nitrogens with zero attached hydrogens (tertiary/aromatic N) is 7. The van der Waals surface area contributed by atoms with Crippen LogP contribution in [0.25, 0.3) is 0 Å². The number of aryl methyl sites for hydroxylation is 1. The third-order valence-electron chi connectivity index (χ3n) is 10.1. The van der Waals surface area contributed by atoms with Gasteiger partial charge in [-0.25, -0.2) is 9.97 Å². The average Bonchev–Trinajstić information content (AvgIpc) is 3.12. The molecule has 1 unspecified atom stereocenters. The molecule has 3 aromatic rings. The SMILES string of the molecule is C=CC(=O)N1CCN(c2nc(Nc3ccc(N4CCC(N5CCN(C)CC5)CC4)cc3)c(C(N)=O)nc2CC)C(Cc2ccccc2)C1. The van der Waals surface area contributed by atoms with Gasteiger partial charge in [0.15, 0.2) is 17.3 Å². The minimum absolute atomic E-state index is 0.0448. The van der Waals surface area contributed by atoms with E-state index < -0.39 is 5.91 Å². The van der Waals surface area contributed by atoms with Gasteiger partial charge in [-0.3, -0.25) is 14.5 Å². The third-order valence-corrected chi connectivity index (χ3v) is 10.1. The van der Waals surface area contributed by atoms with E-state index in [-0.39, 0.29) is 17.6 Å². The Kier molecular flexibility index (Phi) is 10.6. The number of hydrogen-bond donors (Lipinski definition) is 2. The van der Waals surface area contributed by atoms with Crippen LogP contribution in [0.5, 0.6) is 0 Å². The lowest BCUT2D eigenvalue weighted by molar-refractivity contribution is -0.126. The third kappa shape index (κ3) is 7.63. The summed E-state index contributed by atoms with van der Waals surface area (Å²) < 4.78 is 0. The molecule has 0 aliphatic carbocycles. The number of piperazine rings is 2. The van der Waals surface area contributed by atoms with Crippen LogP contribution in [0.15, 0.2) is 67.3 Å². The van der Waals surface area contributed by atoms with E-state index in [1.54, 1.807) is 0 Å². The van der Waals surface area contributed by atoms with Gasteiger partial charge < -0.3 is 30.7 Å². The molecule has 254 valence electrons. The van der Waals surface area contributed by atoms with Gasteiger partial charge in [0.25, 0.3) is 5.91 Å². The number of carbonyl (C=O) groups excluding carboxylic acids is 2. The zero-order valence-corrected chi connectivity index (χ0v) is 28.4. The molecule has 11 heteroatoms. The Balaban J connectivity index is 1.20. The Bertz CT molecular complexity index is 1570. The van der Waals surface area contributed by atoms with E-state index in [1.165, 1.54) is 30.2 Å². The number of primary amides is 1. The first-order valence-corrected chi connectivity index (χ1v) is 17.3. The van der Waals surface area contributed by atoms with Crippen molar-refractivity contribution >= 4 is 34.8 Å². The highest BCUT2D eigenvalue weighted by atomic mass is 16.2. The summed E-state index contributed by atoms with van der Waals surface area (Å²) in [5.74, 6) is 0.326. The summed E-state index contributed by atoms with van der Waals surface area (Å²) >= 11 is 0. The molecule has 1 atom stereocenters. The van der Waals surface area contributed by atoms with Crippen molar-refractivity contribution in [1.82, 2.24) is 24.7 Å². The largest absolute Gasteiger partial charge is 0.371 e. The number of carbonyl (C=O) groups is 2. The first-order chi connectivity index (χ1) is 23.3. The number of likely N-dealkylation sites (N-methyl/N-ethyl adjacent to an activating group) is 1.